The van der Waals surface area contributed by atoms with E-state index in [9.17, 15) is 9.59 Å². The van der Waals surface area contributed by atoms with Crippen molar-refractivity contribution >= 4 is 40.6 Å². The number of nitrogens with one attached hydrogen (secondary N) is 2. The molecule has 190 valence electrons. The number of nitrogens with zero attached hydrogens (tertiary/aromatic N) is 1. The second-order valence-electron chi connectivity index (χ2n) is 8.11. The van der Waals surface area contributed by atoms with Crippen LogP contribution >= 0.6 is 11.6 Å². The molecule has 2 aromatic heterocycles. The first kappa shape index (κ1) is 24.9. The van der Waals surface area contributed by atoms with Gasteiger partial charge in [-0.1, -0.05) is 54.1 Å². The van der Waals surface area contributed by atoms with Crippen molar-refractivity contribution in [1.82, 2.24) is 10.4 Å². The molecule has 0 aliphatic heterocycles. The normalized spacial score (nSPS) is 11.1. The Labute approximate surface area is 222 Å². The highest BCUT2D eigenvalue weighted by Crippen LogP contribution is 2.35. The standard InChI is InChI=1S/C29H22ClN3O5/c1-2-36-24-16-18(13-14-22(24)38-29(35)23-12-7-15-37-23)17-31-33-28(34)27-25(19-8-4-3-5-9-19)20-10-6-11-21(30)26(20)32-27/h3-17,32H,2H2,1H3,(H,33,34). The molecule has 0 bridgehead atoms. The molecule has 5 aromatic rings. The first-order valence-electron chi connectivity index (χ1n) is 11.8. The van der Waals surface area contributed by atoms with Gasteiger partial charge < -0.3 is 18.9 Å². The first-order valence-corrected chi connectivity index (χ1v) is 12.1. The van der Waals surface area contributed by atoms with E-state index in [0.29, 0.717) is 34.2 Å². The zero-order valence-corrected chi connectivity index (χ0v) is 21.0. The number of esters is 1. The third kappa shape index (κ3) is 5.16. The fraction of sp³-hybridized carbons (Fsp3) is 0.0690. The highest BCUT2D eigenvalue weighted by molar-refractivity contribution is 6.36. The van der Waals surface area contributed by atoms with E-state index < -0.39 is 11.9 Å². The summed E-state index contributed by atoms with van der Waals surface area (Å²) in [6.45, 7) is 2.17. The van der Waals surface area contributed by atoms with E-state index in [-0.39, 0.29) is 11.5 Å². The molecular formula is C29H22ClN3O5. The van der Waals surface area contributed by atoms with Crippen LogP contribution in [0.1, 0.15) is 33.5 Å². The predicted molar refractivity (Wildman–Crippen MR) is 145 cm³/mol. The topological polar surface area (TPSA) is 106 Å². The lowest BCUT2D eigenvalue weighted by molar-refractivity contribution is 0.0695. The summed E-state index contributed by atoms with van der Waals surface area (Å²) in [7, 11) is 0. The van der Waals surface area contributed by atoms with Gasteiger partial charge in [-0.05, 0) is 54.4 Å². The number of H-pyrrole nitrogens is 1. The van der Waals surface area contributed by atoms with Gasteiger partial charge in [0.2, 0.25) is 5.76 Å². The molecular weight excluding hydrogens is 506 g/mol. The Hall–Kier alpha value is -4.82. The molecule has 1 amide bonds. The number of aromatic nitrogens is 1. The van der Waals surface area contributed by atoms with Crippen LogP contribution in [0.2, 0.25) is 5.02 Å². The predicted octanol–water partition coefficient (Wildman–Crippen LogP) is 6.46. The minimum absolute atomic E-state index is 0.0777. The highest BCUT2D eigenvalue weighted by Gasteiger charge is 2.20. The van der Waals surface area contributed by atoms with Gasteiger partial charge in [-0.2, -0.15) is 5.10 Å². The summed E-state index contributed by atoms with van der Waals surface area (Å²) in [6, 6.07) is 23.1. The van der Waals surface area contributed by atoms with Crippen LogP contribution in [-0.2, 0) is 0 Å². The van der Waals surface area contributed by atoms with Crippen molar-refractivity contribution in [3.8, 4) is 22.6 Å². The Morgan fingerprint density at radius 3 is 2.63 bits per heavy atom. The van der Waals surface area contributed by atoms with E-state index in [0.717, 1.165) is 16.5 Å². The number of ether oxygens (including phenoxy) is 2. The van der Waals surface area contributed by atoms with Gasteiger partial charge in [-0.25, -0.2) is 10.2 Å². The number of carbonyl (C=O) groups excluding carboxylic acids is 2. The van der Waals surface area contributed by atoms with E-state index in [4.69, 9.17) is 25.5 Å². The second kappa shape index (κ2) is 11.1. The van der Waals surface area contributed by atoms with Crippen LogP contribution in [0.4, 0.5) is 0 Å². The van der Waals surface area contributed by atoms with Gasteiger partial charge in [0.25, 0.3) is 5.91 Å². The summed E-state index contributed by atoms with van der Waals surface area (Å²) >= 11 is 6.39. The summed E-state index contributed by atoms with van der Waals surface area (Å²) in [6.07, 6.45) is 2.86. The fourth-order valence-electron chi connectivity index (χ4n) is 3.98. The van der Waals surface area contributed by atoms with Gasteiger partial charge >= 0.3 is 5.97 Å². The van der Waals surface area contributed by atoms with E-state index in [1.807, 2.05) is 49.4 Å². The van der Waals surface area contributed by atoms with Crippen molar-refractivity contribution in [3.05, 3.63) is 107 Å². The van der Waals surface area contributed by atoms with E-state index in [2.05, 4.69) is 15.5 Å². The number of aromatic amines is 1. The largest absolute Gasteiger partial charge is 0.490 e. The van der Waals surface area contributed by atoms with E-state index >= 15 is 0 Å². The van der Waals surface area contributed by atoms with Crippen LogP contribution in [0, 0.1) is 0 Å². The van der Waals surface area contributed by atoms with Crippen molar-refractivity contribution < 1.29 is 23.5 Å². The number of furan rings is 1. The minimum atomic E-state index is -0.641. The van der Waals surface area contributed by atoms with Crippen LogP contribution in [0.25, 0.3) is 22.0 Å². The summed E-state index contributed by atoms with van der Waals surface area (Å²) in [4.78, 5) is 28.6. The lowest BCUT2D eigenvalue weighted by Gasteiger charge is -2.10. The molecule has 0 unspecified atom stereocenters. The summed E-state index contributed by atoms with van der Waals surface area (Å²) < 4.78 is 16.1. The van der Waals surface area contributed by atoms with Crippen LogP contribution in [-0.4, -0.2) is 29.7 Å². The number of para-hydroxylation sites is 1. The molecule has 0 aliphatic carbocycles. The molecule has 0 saturated carbocycles. The lowest BCUT2D eigenvalue weighted by Crippen LogP contribution is -2.18. The third-order valence-corrected chi connectivity index (χ3v) is 5.96. The molecule has 38 heavy (non-hydrogen) atoms. The van der Waals surface area contributed by atoms with Gasteiger partial charge in [0.1, 0.15) is 5.69 Å². The Balaban J connectivity index is 1.37. The second-order valence-corrected chi connectivity index (χ2v) is 8.52. The zero-order chi connectivity index (χ0) is 26.5. The van der Waals surface area contributed by atoms with Gasteiger partial charge in [0, 0.05) is 10.9 Å². The number of halogens is 1. The Morgan fingerprint density at radius 2 is 1.87 bits per heavy atom. The first-order chi connectivity index (χ1) is 18.5. The average molecular weight is 528 g/mol. The summed E-state index contributed by atoms with van der Waals surface area (Å²) in [5.74, 6) is -0.413. The molecule has 8 nitrogen and oxygen atoms in total. The summed E-state index contributed by atoms with van der Waals surface area (Å²) in [5.41, 5.74) is 5.81. The van der Waals surface area contributed by atoms with E-state index in [1.165, 1.54) is 18.5 Å². The van der Waals surface area contributed by atoms with E-state index in [1.54, 1.807) is 30.3 Å². The smallest absolute Gasteiger partial charge is 0.379 e. The molecule has 0 atom stereocenters. The quantitative estimate of drug-likeness (QED) is 0.104. The van der Waals surface area contributed by atoms with Crippen LogP contribution in [0.5, 0.6) is 11.5 Å². The Bertz CT molecular complexity index is 1630. The summed E-state index contributed by atoms with van der Waals surface area (Å²) in [5, 5.41) is 5.47. The molecule has 3 aromatic carbocycles. The Kier molecular flexibility index (Phi) is 7.24. The molecule has 0 saturated heterocycles. The molecule has 0 fully saturated rings. The van der Waals surface area contributed by atoms with Gasteiger partial charge in [0.15, 0.2) is 11.5 Å². The van der Waals surface area contributed by atoms with Crippen molar-refractivity contribution in [1.29, 1.82) is 0 Å². The number of benzene rings is 3. The van der Waals surface area contributed by atoms with Crippen molar-refractivity contribution in [2.75, 3.05) is 6.61 Å². The average Bonchev–Trinajstić information content (AvgIpc) is 3.60. The van der Waals surface area contributed by atoms with Crippen molar-refractivity contribution in [2.45, 2.75) is 6.92 Å². The Morgan fingerprint density at radius 1 is 1.03 bits per heavy atom. The van der Waals surface area contributed by atoms with Gasteiger partial charge in [0.05, 0.1) is 29.6 Å². The number of hydrazone groups is 1. The van der Waals surface area contributed by atoms with Gasteiger partial charge in [-0.3, -0.25) is 4.79 Å². The fourth-order valence-corrected chi connectivity index (χ4v) is 4.20. The maximum Gasteiger partial charge on any atom is 0.379 e. The van der Waals surface area contributed by atoms with Gasteiger partial charge in [-0.15, -0.1) is 0 Å². The molecule has 0 aliphatic rings. The van der Waals surface area contributed by atoms with Crippen LogP contribution < -0.4 is 14.9 Å². The molecule has 5 rings (SSSR count). The minimum Gasteiger partial charge on any atom is -0.490 e. The van der Waals surface area contributed by atoms with Crippen molar-refractivity contribution in [2.24, 2.45) is 5.10 Å². The molecule has 9 heteroatoms. The molecule has 2 N–H and O–H groups in total. The number of amides is 1. The number of carbonyl (C=O) groups is 2. The number of hydrogen-bond donors (Lipinski definition) is 2. The lowest BCUT2D eigenvalue weighted by atomic mass is 10.0. The molecule has 0 spiro atoms. The maximum atomic E-state index is 13.2. The zero-order valence-electron chi connectivity index (χ0n) is 20.2. The van der Waals surface area contributed by atoms with Crippen molar-refractivity contribution in [3.63, 3.8) is 0 Å². The number of hydrogen-bond acceptors (Lipinski definition) is 6. The molecule has 0 radical (unpaired) electrons. The third-order valence-electron chi connectivity index (χ3n) is 5.64. The maximum absolute atomic E-state index is 13.2. The highest BCUT2D eigenvalue weighted by atomic mass is 35.5. The number of fused-ring (bicyclic) bond motifs is 1. The van der Waals surface area contributed by atoms with Crippen LogP contribution in [0.3, 0.4) is 0 Å². The monoisotopic (exact) mass is 527 g/mol. The SMILES string of the molecule is CCOc1cc(C=NNC(=O)c2[nH]c3c(Cl)cccc3c2-c2ccccc2)ccc1OC(=O)c1ccco1. The van der Waals surface area contributed by atoms with Crippen LogP contribution in [0.15, 0.2) is 94.6 Å². The molecule has 2 heterocycles. The number of rotatable bonds is 8.